The van der Waals surface area contributed by atoms with Gasteiger partial charge in [-0.25, -0.2) is 4.98 Å². The van der Waals surface area contributed by atoms with Crippen LogP contribution in [0.4, 0.5) is 8.78 Å². The van der Waals surface area contributed by atoms with Gasteiger partial charge in [0.25, 0.3) is 0 Å². The fraction of sp³-hybridized carbons (Fsp3) is 0.158. The largest absolute Gasteiger partial charge is 0.481 e. The average molecular weight is 480 g/mol. The summed E-state index contributed by atoms with van der Waals surface area (Å²) in [5.74, 6) is -2.81. The highest BCUT2D eigenvalue weighted by Gasteiger charge is 2.41. The molecule has 3 aromatic rings. The van der Waals surface area contributed by atoms with Crippen molar-refractivity contribution in [3.8, 4) is 11.8 Å². The fourth-order valence-corrected chi connectivity index (χ4v) is 4.14. The first-order valence-corrected chi connectivity index (χ1v) is 9.83. The smallest absolute Gasteiger partial charge is 0.358 e. The Bertz CT molecular complexity index is 1160. The molecule has 0 aliphatic rings. The number of nitriles is 1. The molecule has 1 N–H and O–H groups in total. The predicted molar refractivity (Wildman–Crippen MR) is 106 cm³/mol. The van der Waals surface area contributed by atoms with Crippen molar-refractivity contribution in [3.63, 3.8) is 0 Å². The van der Waals surface area contributed by atoms with Crippen LogP contribution in [0.15, 0.2) is 52.4 Å². The third-order valence-electron chi connectivity index (χ3n) is 4.06. The SMILES string of the molecule is N#Cc1ccc(-n2c(Br)cnc2SC(F)(F)C(=O)CCC(=O)O)c2ccccc12. The summed E-state index contributed by atoms with van der Waals surface area (Å²) in [6, 6.07) is 12.3. The fourth-order valence-electron chi connectivity index (χ4n) is 2.72. The van der Waals surface area contributed by atoms with Crippen molar-refractivity contribution in [2.75, 3.05) is 0 Å². The molecule has 0 bridgehead atoms. The lowest BCUT2D eigenvalue weighted by Crippen LogP contribution is -2.25. The Balaban J connectivity index is 2.04. The van der Waals surface area contributed by atoms with Crippen LogP contribution in [0, 0.1) is 11.3 Å². The maximum atomic E-state index is 14.4. The van der Waals surface area contributed by atoms with E-state index in [4.69, 9.17) is 5.11 Å². The van der Waals surface area contributed by atoms with Crippen molar-refractivity contribution in [3.05, 3.63) is 52.8 Å². The Morgan fingerprint density at radius 3 is 2.55 bits per heavy atom. The first-order chi connectivity index (χ1) is 13.7. The number of carboxylic acids is 1. The van der Waals surface area contributed by atoms with Gasteiger partial charge < -0.3 is 5.11 Å². The molecule has 0 saturated heterocycles. The van der Waals surface area contributed by atoms with Crippen LogP contribution >= 0.6 is 27.7 Å². The van der Waals surface area contributed by atoms with Crippen LogP contribution in [0.3, 0.4) is 0 Å². The molecule has 10 heteroatoms. The highest BCUT2D eigenvalue weighted by atomic mass is 79.9. The molecule has 0 aliphatic heterocycles. The normalized spacial score (nSPS) is 11.4. The van der Waals surface area contributed by atoms with Crippen LogP contribution in [-0.4, -0.2) is 31.7 Å². The molecule has 148 valence electrons. The van der Waals surface area contributed by atoms with E-state index in [0.717, 1.165) is 0 Å². The first kappa shape index (κ1) is 21.0. The Morgan fingerprint density at radius 2 is 1.90 bits per heavy atom. The molecule has 0 aliphatic carbocycles. The van der Waals surface area contributed by atoms with E-state index in [9.17, 15) is 23.6 Å². The molecule has 1 aromatic heterocycles. The van der Waals surface area contributed by atoms with E-state index in [1.165, 1.54) is 10.8 Å². The Kier molecular flexibility index (Phi) is 6.00. The second-order valence-electron chi connectivity index (χ2n) is 5.92. The quantitative estimate of drug-likeness (QED) is 0.489. The number of carbonyl (C=O) groups is 2. The highest BCUT2D eigenvalue weighted by Crippen LogP contribution is 2.40. The van der Waals surface area contributed by atoms with Gasteiger partial charge in [0.1, 0.15) is 4.60 Å². The highest BCUT2D eigenvalue weighted by molar-refractivity contribution is 9.10. The molecule has 1 heterocycles. The number of Topliss-reactive ketones (excluding diaryl/α,β-unsaturated/α-hetero) is 1. The number of imidazole rings is 1. The van der Waals surface area contributed by atoms with Crippen molar-refractivity contribution in [2.24, 2.45) is 0 Å². The molecule has 0 fully saturated rings. The monoisotopic (exact) mass is 479 g/mol. The number of hydrogen-bond acceptors (Lipinski definition) is 5. The van der Waals surface area contributed by atoms with Gasteiger partial charge in [-0.2, -0.15) is 14.0 Å². The zero-order chi connectivity index (χ0) is 21.2. The summed E-state index contributed by atoms with van der Waals surface area (Å²) in [5, 5.41) is 15.2. The zero-order valence-corrected chi connectivity index (χ0v) is 17.0. The number of halogens is 3. The third kappa shape index (κ3) is 4.31. The van der Waals surface area contributed by atoms with E-state index < -0.39 is 29.8 Å². The van der Waals surface area contributed by atoms with Gasteiger partial charge in [-0.3, -0.25) is 14.2 Å². The number of nitrogens with zero attached hydrogens (tertiary/aromatic N) is 3. The van der Waals surface area contributed by atoms with Crippen molar-refractivity contribution < 1.29 is 23.5 Å². The summed E-state index contributed by atoms with van der Waals surface area (Å²) in [5.41, 5.74) is 0.934. The maximum absolute atomic E-state index is 14.4. The molecule has 0 radical (unpaired) electrons. The maximum Gasteiger partial charge on any atom is 0.358 e. The zero-order valence-electron chi connectivity index (χ0n) is 14.6. The molecule has 2 aromatic carbocycles. The topological polar surface area (TPSA) is 96.0 Å². The second kappa shape index (κ2) is 8.31. The van der Waals surface area contributed by atoms with E-state index in [1.807, 2.05) is 0 Å². The van der Waals surface area contributed by atoms with Crippen LogP contribution in [-0.2, 0) is 9.59 Å². The standard InChI is InChI=1S/C19H12BrF2N3O3S/c20-16-10-24-18(29-19(21,22)15(26)7-8-17(27)28)25(16)14-6-5-11(9-23)12-3-1-2-4-13(12)14/h1-6,10H,7-8H2,(H,27,28). The van der Waals surface area contributed by atoms with E-state index in [0.29, 0.717) is 26.6 Å². The summed E-state index contributed by atoms with van der Waals surface area (Å²) < 4.78 is 30.6. The van der Waals surface area contributed by atoms with Crippen molar-refractivity contribution in [1.82, 2.24) is 9.55 Å². The van der Waals surface area contributed by atoms with Crippen LogP contribution in [0.1, 0.15) is 18.4 Å². The van der Waals surface area contributed by atoms with Crippen LogP contribution < -0.4 is 0 Å². The Hall–Kier alpha value is -2.77. The second-order valence-corrected chi connectivity index (χ2v) is 7.82. The number of rotatable bonds is 7. The lowest BCUT2D eigenvalue weighted by atomic mass is 10.0. The molecular formula is C19H12BrF2N3O3S. The minimum absolute atomic E-state index is 0.0525. The minimum Gasteiger partial charge on any atom is -0.481 e. The van der Waals surface area contributed by atoms with Gasteiger partial charge in [-0.05, 0) is 39.8 Å². The van der Waals surface area contributed by atoms with Crippen molar-refractivity contribution in [1.29, 1.82) is 5.26 Å². The summed E-state index contributed by atoms with van der Waals surface area (Å²) in [4.78, 5) is 26.3. The van der Waals surface area contributed by atoms with Gasteiger partial charge in [-0.1, -0.05) is 24.3 Å². The van der Waals surface area contributed by atoms with Gasteiger partial charge in [0.2, 0.25) is 5.78 Å². The number of aromatic nitrogens is 2. The van der Waals surface area contributed by atoms with Crippen LogP contribution in [0.5, 0.6) is 0 Å². The number of aliphatic carboxylic acids is 1. The van der Waals surface area contributed by atoms with Crippen LogP contribution in [0.25, 0.3) is 16.5 Å². The molecule has 3 rings (SSSR count). The molecule has 0 saturated carbocycles. The number of fused-ring (bicyclic) bond motifs is 1. The molecule has 0 atom stereocenters. The molecular weight excluding hydrogens is 468 g/mol. The number of carbonyl (C=O) groups excluding carboxylic acids is 1. The number of ketones is 1. The van der Waals surface area contributed by atoms with Gasteiger partial charge >= 0.3 is 11.2 Å². The molecule has 6 nitrogen and oxygen atoms in total. The van der Waals surface area contributed by atoms with E-state index in [-0.39, 0.29) is 16.9 Å². The summed E-state index contributed by atoms with van der Waals surface area (Å²) in [6.45, 7) is 0. The Morgan fingerprint density at radius 1 is 1.21 bits per heavy atom. The molecule has 29 heavy (non-hydrogen) atoms. The predicted octanol–water partition coefficient (Wildman–Crippen LogP) is 4.78. The lowest BCUT2D eigenvalue weighted by molar-refractivity contribution is -0.141. The minimum atomic E-state index is -3.85. The molecule has 0 amide bonds. The molecule has 0 spiro atoms. The number of carboxylic acid groups (broad SMARTS) is 1. The summed E-state index contributed by atoms with van der Waals surface area (Å²) in [6.07, 6.45) is -0.127. The van der Waals surface area contributed by atoms with E-state index in [1.54, 1.807) is 36.4 Å². The Labute approximate surface area is 176 Å². The summed E-state index contributed by atoms with van der Waals surface area (Å²) in [7, 11) is 0. The van der Waals surface area contributed by atoms with E-state index >= 15 is 0 Å². The number of alkyl halides is 2. The third-order valence-corrected chi connectivity index (χ3v) is 5.57. The summed E-state index contributed by atoms with van der Waals surface area (Å²) >= 11 is 3.23. The molecule has 0 unspecified atom stereocenters. The van der Waals surface area contributed by atoms with Crippen LogP contribution in [0.2, 0.25) is 0 Å². The van der Waals surface area contributed by atoms with Gasteiger partial charge in [0, 0.05) is 17.2 Å². The average Bonchev–Trinajstić information content (AvgIpc) is 3.04. The lowest BCUT2D eigenvalue weighted by Gasteiger charge is -2.16. The number of benzene rings is 2. The van der Waals surface area contributed by atoms with Gasteiger partial charge in [0.05, 0.1) is 29.9 Å². The number of hydrogen-bond donors (Lipinski definition) is 1. The first-order valence-electron chi connectivity index (χ1n) is 8.22. The van der Waals surface area contributed by atoms with Gasteiger partial charge in [-0.15, -0.1) is 0 Å². The van der Waals surface area contributed by atoms with Crippen molar-refractivity contribution >= 4 is 50.2 Å². The van der Waals surface area contributed by atoms with Gasteiger partial charge in [0.15, 0.2) is 5.16 Å². The van der Waals surface area contributed by atoms with Crippen molar-refractivity contribution in [2.45, 2.75) is 23.3 Å². The number of thioether (sulfide) groups is 1. The van der Waals surface area contributed by atoms with E-state index in [2.05, 4.69) is 27.0 Å².